The number of imidazole rings is 1. The molecule has 0 bridgehead atoms. The van der Waals surface area contributed by atoms with E-state index in [1.54, 1.807) is 29.9 Å². The summed E-state index contributed by atoms with van der Waals surface area (Å²) >= 11 is 1.67. The summed E-state index contributed by atoms with van der Waals surface area (Å²) in [7, 11) is 3.00. The summed E-state index contributed by atoms with van der Waals surface area (Å²) in [5, 5.41) is 27.3. The van der Waals surface area contributed by atoms with Crippen LogP contribution in [0.1, 0.15) is 41.1 Å². The van der Waals surface area contributed by atoms with Gasteiger partial charge in [0, 0.05) is 10.9 Å². The van der Waals surface area contributed by atoms with Gasteiger partial charge < -0.3 is 14.6 Å². The van der Waals surface area contributed by atoms with E-state index >= 15 is 0 Å². The van der Waals surface area contributed by atoms with E-state index in [4.69, 9.17) is 9.47 Å². The van der Waals surface area contributed by atoms with Crippen molar-refractivity contribution in [2.75, 3.05) is 14.2 Å². The van der Waals surface area contributed by atoms with Crippen molar-refractivity contribution in [2.24, 2.45) is 0 Å². The Morgan fingerprint density at radius 3 is 2.82 bits per heavy atom. The summed E-state index contributed by atoms with van der Waals surface area (Å²) in [6, 6.07) is 1.64. The standard InChI is InChI=1S/C17H17N7O3S/c1-26-12-5-11(17(27-2)21-20-12)24-7-10(19-22-24)15(25)14-16(9-3-4-9)28-13-6-18-8-23(13)14/h5-9,15,25H,3-4H2,1-2H3. The number of hydrogen-bond donors (Lipinski definition) is 1. The molecular formula is C17H17N7O3S. The molecule has 0 saturated heterocycles. The van der Waals surface area contributed by atoms with Crippen molar-refractivity contribution in [1.82, 2.24) is 34.6 Å². The topological polar surface area (TPSA) is 112 Å². The zero-order valence-corrected chi connectivity index (χ0v) is 16.0. The fraction of sp³-hybridized carbons (Fsp3) is 0.353. The molecule has 0 aromatic carbocycles. The van der Waals surface area contributed by atoms with Crippen LogP contribution >= 0.6 is 11.3 Å². The number of aliphatic hydroxyl groups is 1. The van der Waals surface area contributed by atoms with E-state index in [-0.39, 0.29) is 5.88 Å². The van der Waals surface area contributed by atoms with Crippen molar-refractivity contribution >= 4 is 16.2 Å². The molecule has 1 unspecified atom stereocenters. The van der Waals surface area contributed by atoms with Crippen LogP contribution in [-0.2, 0) is 0 Å². The normalized spacial score (nSPS) is 15.1. The van der Waals surface area contributed by atoms with E-state index in [0.29, 0.717) is 23.2 Å². The monoisotopic (exact) mass is 399 g/mol. The van der Waals surface area contributed by atoms with Gasteiger partial charge in [0.2, 0.25) is 5.88 Å². The molecule has 1 aliphatic carbocycles. The Labute approximate surface area is 163 Å². The first kappa shape index (κ1) is 17.1. The van der Waals surface area contributed by atoms with Gasteiger partial charge in [0.05, 0.1) is 32.3 Å². The SMILES string of the molecule is COc1cc(-n2cc(C(O)c3c(C4CC4)sc4cncn34)nn2)c(OC)nn1. The molecule has 1 atom stereocenters. The summed E-state index contributed by atoms with van der Waals surface area (Å²) in [5.74, 6) is 1.10. The van der Waals surface area contributed by atoms with E-state index in [1.807, 2.05) is 10.6 Å². The highest BCUT2D eigenvalue weighted by molar-refractivity contribution is 7.17. The zero-order valence-electron chi connectivity index (χ0n) is 15.2. The first-order valence-electron chi connectivity index (χ1n) is 8.70. The Morgan fingerprint density at radius 2 is 2.07 bits per heavy atom. The van der Waals surface area contributed by atoms with E-state index < -0.39 is 6.10 Å². The van der Waals surface area contributed by atoms with Crippen LogP contribution in [0, 0.1) is 0 Å². The molecule has 10 nitrogen and oxygen atoms in total. The maximum atomic E-state index is 11.1. The molecule has 1 N–H and O–H groups in total. The molecule has 5 rings (SSSR count). The molecule has 0 aliphatic heterocycles. The average Bonchev–Trinajstić information content (AvgIpc) is 3.13. The van der Waals surface area contributed by atoms with Crippen molar-refractivity contribution in [2.45, 2.75) is 24.9 Å². The number of thiazole rings is 1. The second-order valence-corrected chi connectivity index (χ2v) is 7.56. The van der Waals surface area contributed by atoms with Gasteiger partial charge >= 0.3 is 0 Å². The molecular weight excluding hydrogens is 382 g/mol. The number of rotatable bonds is 6. The first-order valence-corrected chi connectivity index (χ1v) is 9.52. The number of aromatic nitrogens is 7. The van der Waals surface area contributed by atoms with Gasteiger partial charge in [-0.3, -0.25) is 4.40 Å². The molecule has 0 amide bonds. The van der Waals surface area contributed by atoms with E-state index in [0.717, 1.165) is 23.4 Å². The smallest absolute Gasteiger partial charge is 0.259 e. The molecule has 4 aromatic rings. The molecule has 11 heteroatoms. The van der Waals surface area contributed by atoms with Crippen LogP contribution in [0.3, 0.4) is 0 Å². The fourth-order valence-electron chi connectivity index (χ4n) is 3.15. The molecule has 4 heterocycles. The van der Waals surface area contributed by atoms with Crippen LogP contribution < -0.4 is 9.47 Å². The molecule has 4 aromatic heterocycles. The minimum absolute atomic E-state index is 0.276. The highest BCUT2D eigenvalue weighted by Crippen LogP contribution is 2.47. The summed E-state index contributed by atoms with van der Waals surface area (Å²) in [6.07, 6.45) is 6.55. The molecule has 1 aliphatic rings. The first-order chi connectivity index (χ1) is 13.7. The number of methoxy groups -OCH3 is 2. The van der Waals surface area contributed by atoms with Gasteiger partial charge in [-0.1, -0.05) is 5.21 Å². The highest BCUT2D eigenvalue weighted by atomic mass is 32.1. The van der Waals surface area contributed by atoms with Gasteiger partial charge in [0.25, 0.3) is 5.88 Å². The molecule has 28 heavy (non-hydrogen) atoms. The molecule has 0 radical (unpaired) electrons. The van der Waals surface area contributed by atoms with E-state index in [2.05, 4.69) is 25.5 Å². The Morgan fingerprint density at radius 1 is 1.21 bits per heavy atom. The lowest BCUT2D eigenvalue weighted by Gasteiger charge is -2.09. The second kappa shape index (κ2) is 6.53. The summed E-state index contributed by atoms with van der Waals surface area (Å²) in [5.41, 5.74) is 1.75. The highest BCUT2D eigenvalue weighted by Gasteiger charge is 2.33. The Kier molecular flexibility index (Phi) is 3.98. The van der Waals surface area contributed by atoms with Crippen molar-refractivity contribution in [3.05, 3.63) is 41.1 Å². The lowest BCUT2D eigenvalue weighted by Crippen LogP contribution is -2.06. The predicted octanol–water partition coefficient (Wildman–Crippen LogP) is 1.74. The third kappa shape index (κ3) is 2.70. The largest absolute Gasteiger partial charge is 0.480 e. The summed E-state index contributed by atoms with van der Waals surface area (Å²) in [6.45, 7) is 0. The lowest BCUT2D eigenvalue weighted by atomic mass is 10.1. The van der Waals surface area contributed by atoms with Gasteiger partial charge in [-0.25, -0.2) is 9.67 Å². The molecule has 0 spiro atoms. The van der Waals surface area contributed by atoms with Crippen molar-refractivity contribution in [3.63, 3.8) is 0 Å². The van der Waals surface area contributed by atoms with E-state index in [9.17, 15) is 5.11 Å². The van der Waals surface area contributed by atoms with E-state index in [1.165, 1.54) is 23.8 Å². The van der Waals surface area contributed by atoms with Gasteiger partial charge in [-0.2, -0.15) is 0 Å². The quantitative estimate of drug-likeness (QED) is 0.522. The lowest BCUT2D eigenvalue weighted by molar-refractivity contribution is 0.208. The summed E-state index contributed by atoms with van der Waals surface area (Å²) < 4.78 is 13.8. The van der Waals surface area contributed by atoms with Gasteiger partial charge in [-0.05, 0) is 18.8 Å². The molecule has 1 saturated carbocycles. The van der Waals surface area contributed by atoms with Crippen molar-refractivity contribution < 1.29 is 14.6 Å². The Bertz CT molecular complexity index is 1150. The van der Waals surface area contributed by atoms with Crippen LogP contribution in [0.2, 0.25) is 0 Å². The van der Waals surface area contributed by atoms with Crippen LogP contribution in [0.5, 0.6) is 11.8 Å². The van der Waals surface area contributed by atoms with Crippen LogP contribution in [0.15, 0.2) is 24.8 Å². The van der Waals surface area contributed by atoms with Crippen LogP contribution in [0.25, 0.3) is 10.5 Å². The van der Waals surface area contributed by atoms with Gasteiger partial charge in [-0.15, -0.1) is 26.6 Å². The number of hydrogen-bond acceptors (Lipinski definition) is 9. The predicted molar refractivity (Wildman–Crippen MR) is 99.2 cm³/mol. The Balaban J connectivity index is 1.55. The van der Waals surface area contributed by atoms with Crippen molar-refractivity contribution in [1.29, 1.82) is 0 Å². The Hall–Kier alpha value is -3.05. The van der Waals surface area contributed by atoms with Gasteiger partial charge in [0.1, 0.15) is 28.6 Å². The number of fused-ring (bicyclic) bond motifs is 1. The maximum Gasteiger partial charge on any atom is 0.259 e. The number of nitrogens with zero attached hydrogens (tertiary/aromatic N) is 7. The third-order valence-electron chi connectivity index (χ3n) is 4.70. The minimum Gasteiger partial charge on any atom is -0.480 e. The van der Waals surface area contributed by atoms with Crippen molar-refractivity contribution in [3.8, 4) is 17.4 Å². The average molecular weight is 399 g/mol. The number of ether oxygens (including phenoxy) is 2. The van der Waals surface area contributed by atoms with Gasteiger partial charge in [0.15, 0.2) is 0 Å². The number of aliphatic hydroxyl groups excluding tert-OH is 1. The molecule has 1 fully saturated rings. The third-order valence-corrected chi connectivity index (χ3v) is 5.97. The second-order valence-electron chi connectivity index (χ2n) is 6.50. The fourth-order valence-corrected chi connectivity index (χ4v) is 4.45. The van der Waals surface area contributed by atoms with Crippen LogP contribution in [0.4, 0.5) is 0 Å². The molecule has 144 valence electrons. The minimum atomic E-state index is -0.921. The zero-order chi connectivity index (χ0) is 19.3. The summed E-state index contributed by atoms with van der Waals surface area (Å²) in [4.78, 5) is 6.38. The van der Waals surface area contributed by atoms with Crippen LogP contribution in [-0.4, -0.2) is 53.9 Å². The maximum absolute atomic E-state index is 11.1.